The van der Waals surface area contributed by atoms with Crippen LogP contribution < -0.4 is 5.32 Å². The number of carbonyl (C=O) groups is 1. The molecule has 1 fully saturated rings. The first kappa shape index (κ1) is 13.4. The van der Waals surface area contributed by atoms with Gasteiger partial charge in [0, 0.05) is 41.4 Å². The number of hydrogen-bond acceptors (Lipinski definition) is 2. The topological polar surface area (TPSA) is 46.9 Å². The predicted molar refractivity (Wildman–Crippen MR) is 80.7 cm³/mol. The molecule has 0 spiro atoms. The van der Waals surface area contributed by atoms with Gasteiger partial charge in [-0.2, -0.15) is 0 Å². The Morgan fingerprint density at radius 3 is 2.80 bits per heavy atom. The normalized spacial score (nSPS) is 14.2. The van der Waals surface area contributed by atoms with Gasteiger partial charge in [-0.25, -0.2) is 4.98 Å². The van der Waals surface area contributed by atoms with Crippen molar-refractivity contribution < 1.29 is 4.79 Å². The summed E-state index contributed by atoms with van der Waals surface area (Å²) >= 11 is 3.36. The number of amides is 1. The number of nitrogens with one attached hydrogen (secondary N) is 1. The minimum atomic E-state index is -0.0365. The Balaban J connectivity index is 1.53. The van der Waals surface area contributed by atoms with E-state index in [0.29, 0.717) is 18.0 Å². The van der Waals surface area contributed by atoms with Crippen LogP contribution in [0.3, 0.4) is 0 Å². The number of imidazole rings is 1. The van der Waals surface area contributed by atoms with Crippen LogP contribution in [0.4, 0.5) is 0 Å². The molecule has 1 saturated carbocycles. The Kier molecular flexibility index (Phi) is 3.87. The number of carbonyl (C=O) groups excluding carboxylic acids is 1. The molecule has 1 heterocycles. The van der Waals surface area contributed by atoms with Crippen LogP contribution in [0, 0.1) is 0 Å². The maximum atomic E-state index is 12.0. The fraction of sp³-hybridized carbons (Fsp3) is 0.333. The van der Waals surface area contributed by atoms with Crippen molar-refractivity contribution in [3.05, 3.63) is 52.5 Å². The van der Waals surface area contributed by atoms with E-state index in [-0.39, 0.29) is 5.91 Å². The largest absolute Gasteiger partial charge is 0.350 e. The van der Waals surface area contributed by atoms with Crippen molar-refractivity contribution in [2.75, 3.05) is 6.54 Å². The minimum Gasteiger partial charge on any atom is -0.350 e. The summed E-state index contributed by atoms with van der Waals surface area (Å²) in [6.45, 7) is 1.39. The lowest BCUT2D eigenvalue weighted by Crippen LogP contribution is -2.27. The Labute approximate surface area is 126 Å². The molecule has 0 saturated heterocycles. The van der Waals surface area contributed by atoms with E-state index in [9.17, 15) is 4.79 Å². The molecule has 0 unspecified atom stereocenters. The van der Waals surface area contributed by atoms with Gasteiger partial charge in [0.1, 0.15) is 5.82 Å². The number of halogens is 1. The average Bonchev–Trinajstić information content (AvgIpc) is 3.19. The van der Waals surface area contributed by atoms with Crippen LogP contribution in [0.1, 0.15) is 34.9 Å². The van der Waals surface area contributed by atoms with E-state index in [2.05, 4.69) is 30.8 Å². The highest BCUT2D eigenvalue weighted by atomic mass is 79.9. The number of benzene rings is 1. The van der Waals surface area contributed by atoms with Crippen LogP contribution in [0.2, 0.25) is 0 Å². The minimum absolute atomic E-state index is 0.0365. The zero-order valence-corrected chi connectivity index (χ0v) is 12.6. The molecule has 4 nitrogen and oxygen atoms in total. The predicted octanol–water partition coefficient (Wildman–Crippen LogP) is 2.95. The molecule has 5 heteroatoms. The third-order valence-corrected chi connectivity index (χ3v) is 3.96. The van der Waals surface area contributed by atoms with E-state index in [1.54, 1.807) is 0 Å². The van der Waals surface area contributed by atoms with Gasteiger partial charge in [-0.3, -0.25) is 4.79 Å². The number of aromatic nitrogens is 2. The van der Waals surface area contributed by atoms with E-state index >= 15 is 0 Å². The van der Waals surface area contributed by atoms with Gasteiger partial charge in [-0.15, -0.1) is 0 Å². The van der Waals surface area contributed by atoms with Crippen LogP contribution >= 0.6 is 15.9 Å². The lowest BCUT2D eigenvalue weighted by atomic mass is 10.2. The molecule has 1 aromatic heterocycles. The van der Waals surface area contributed by atoms with Crippen molar-refractivity contribution in [3.8, 4) is 0 Å². The second-order valence-corrected chi connectivity index (χ2v) is 5.93. The molecule has 1 N–H and O–H groups in total. The molecule has 3 rings (SSSR count). The van der Waals surface area contributed by atoms with Crippen molar-refractivity contribution in [1.29, 1.82) is 0 Å². The van der Waals surface area contributed by atoms with Gasteiger partial charge in [0.2, 0.25) is 0 Å². The summed E-state index contributed by atoms with van der Waals surface area (Å²) in [6.07, 6.45) is 6.30. The summed E-state index contributed by atoms with van der Waals surface area (Å²) in [5.41, 5.74) is 0.682. The molecular formula is C15H16BrN3O. The van der Waals surface area contributed by atoms with Crippen LogP contribution in [-0.2, 0) is 6.54 Å². The molecule has 104 valence electrons. The first-order chi connectivity index (χ1) is 9.74. The number of nitrogens with zero attached hydrogens (tertiary/aromatic N) is 2. The lowest BCUT2D eigenvalue weighted by molar-refractivity contribution is 0.0952. The Morgan fingerprint density at radius 1 is 1.35 bits per heavy atom. The second kappa shape index (κ2) is 5.79. The van der Waals surface area contributed by atoms with Crippen molar-refractivity contribution in [3.63, 3.8) is 0 Å². The zero-order chi connectivity index (χ0) is 13.9. The van der Waals surface area contributed by atoms with Gasteiger partial charge in [0.25, 0.3) is 5.91 Å². The first-order valence-corrected chi connectivity index (χ1v) is 7.58. The fourth-order valence-corrected chi connectivity index (χ4v) is 2.47. The summed E-state index contributed by atoms with van der Waals surface area (Å²) in [5, 5.41) is 2.94. The summed E-state index contributed by atoms with van der Waals surface area (Å²) in [5.74, 6) is 1.75. The van der Waals surface area contributed by atoms with Crippen molar-refractivity contribution >= 4 is 21.8 Å². The standard InChI is InChI=1S/C15H16BrN3O/c16-13-5-3-12(4-6-13)15(20)18-8-10-19-9-7-17-14(19)11-1-2-11/h3-7,9,11H,1-2,8,10H2,(H,18,20). The summed E-state index contributed by atoms with van der Waals surface area (Å²) < 4.78 is 3.11. The summed E-state index contributed by atoms with van der Waals surface area (Å²) in [4.78, 5) is 16.4. The van der Waals surface area contributed by atoms with Gasteiger partial charge in [0.15, 0.2) is 0 Å². The zero-order valence-electron chi connectivity index (χ0n) is 11.1. The third-order valence-electron chi connectivity index (χ3n) is 3.43. The molecule has 0 atom stereocenters. The number of rotatable bonds is 5. The molecule has 1 amide bonds. The van der Waals surface area contributed by atoms with Crippen molar-refractivity contribution in [2.45, 2.75) is 25.3 Å². The van der Waals surface area contributed by atoms with Gasteiger partial charge in [-0.1, -0.05) is 15.9 Å². The second-order valence-electron chi connectivity index (χ2n) is 5.02. The molecule has 1 aromatic carbocycles. The highest BCUT2D eigenvalue weighted by molar-refractivity contribution is 9.10. The smallest absolute Gasteiger partial charge is 0.251 e. The van der Waals surface area contributed by atoms with Gasteiger partial charge in [0.05, 0.1) is 0 Å². The molecule has 0 radical (unpaired) electrons. The van der Waals surface area contributed by atoms with Crippen LogP contribution in [0.25, 0.3) is 0 Å². The third kappa shape index (κ3) is 3.10. The maximum Gasteiger partial charge on any atom is 0.251 e. The van der Waals surface area contributed by atoms with E-state index in [4.69, 9.17) is 0 Å². The Hall–Kier alpha value is -1.62. The van der Waals surface area contributed by atoms with Crippen LogP contribution in [0.15, 0.2) is 41.1 Å². The Bertz CT molecular complexity index is 602. The van der Waals surface area contributed by atoms with Crippen LogP contribution in [-0.4, -0.2) is 22.0 Å². The summed E-state index contributed by atoms with van der Waals surface area (Å²) in [6, 6.07) is 7.37. The molecule has 0 aliphatic heterocycles. The first-order valence-electron chi connectivity index (χ1n) is 6.79. The van der Waals surface area contributed by atoms with Gasteiger partial charge >= 0.3 is 0 Å². The van der Waals surface area contributed by atoms with Gasteiger partial charge in [-0.05, 0) is 37.1 Å². The molecule has 20 heavy (non-hydrogen) atoms. The maximum absolute atomic E-state index is 12.0. The Morgan fingerprint density at radius 2 is 2.10 bits per heavy atom. The van der Waals surface area contributed by atoms with E-state index in [0.717, 1.165) is 16.8 Å². The van der Waals surface area contributed by atoms with E-state index < -0.39 is 0 Å². The molecule has 1 aliphatic rings. The average molecular weight is 334 g/mol. The lowest BCUT2D eigenvalue weighted by Gasteiger charge is -2.08. The molecule has 1 aliphatic carbocycles. The van der Waals surface area contributed by atoms with Gasteiger partial charge < -0.3 is 9.88 Å². The molecule has 0 bridgehead atoms. The van der Waals surface area contributed by atoms with Crippen LogP contribution in [0.5, 0.6) is 0 Å². The highest BCUT2D eigenvalue weighted by Crippen LogP contribution is 2.38. The summed E-state index contributed by atoms with van der Waals surface area (Å²) in [7, 11) is 0. The quantitative estimate of drug-likeness (QED) is 0.914. The van der Waals surface area contributed by atoms with Crippen molar-refractivity contribution in [1.82, 2.24) is 14.9 Å². The van der Waals surface area contributed by atoms with E-state index in [1.807, 2.05) is 36.7 Å². The van der Waals surface area contributed by atoms with E-state index in [1.165, 1.54) is 12.8 Å². The molecule has 2 aromatic rings. The highest BCUT2D eigenvalue weighted by Gasteiger charge is 2.27. The van der Waals surface area contributed by atoms with Crippen molar-refractivity contribution in [2.24, 2.45) is 0 Å². The SMILES string of the molecule is O=C(NCCn1ccnc1C1CC1)c1ccc(Br)cc1. The fourth-order valence-electron chi connectivity index (χ4n) is 2.20. The monoisotopic (exact) mass is 333 g/mol. The number of hydrogen-bond donors (Lipinski definition) is 1. The molecular weight excluding hydrogens is 318 g/mol.